The van der Waals surface area contributed by atoms with Gasteiger partial charge < -0.3 is 9.84 Å². The van der Waals surface area contributed by atoms with Crippen molar-refractivity contribution in [2.24, 2.45) is 0 Å². The van der Waals surface area contributed by atoms with Gasteiger partial charge in [-0.15, -0.1) is 11.3 Å². The Bertz CT molecular complexity index is 644. The Morgan fingerprint density at radius 3 is 2.38 bits per heavy atom. The fraction of sp³-hybridized carbons (Fsp3) is 0.214. The van der Waals surface area contributed by atoms with Crippen LogP contribution in [0.15, 0.2) is 30.3 Å². The van der Waals surface area contributed by atoms with Crippen LogP contribution in [0.3, 0.4) is 0 Å². The number of hydrogen-bond donors (Lipinski definition) is 1. The Kier molecular flexibility index (Phi) is 4.22. The van der Waals surface area contributed by atoms with E-state index >= 15 is 0 Å². The van der Waals surface area contributed by atoms with Crippen molar-refractivity contribution < 1.29 is 27.8 Å². The van der Waals surface area contributed by atoms with Gasteiger partial charge in [0.2, 0.25) is 0 Å². The fourth-order valence-electron chi connectivity index (χ4n) is 1.67. The van der Waals surface area contributed by atoms with E-state index in [1.165, 1.54) is 18.2 Å². The third-order valence-electron chi connectivity index (χ3n) is 2.81. The van der Waals surface area contributed by atoms with Gasteiger partial charge in [-0.05, 0) is 37.3 Å². The molecule has 1 heterocycles. The molecule has 2 aromatic rings. The Morgan fingerprint density at radius 2 is 1.90 bits per heavy atom. The van der Waals surface area contributed by atoms with Crippen molar-refractivity contribution in [2.75, 3.05) is 0 Å². The first-order valence-corrected chi connectivity index (χ1v) is 6.71. The number of rotatable bonds is 4. The molecule has 21 heavy (non-hydrogen) atoms. The summed E-state index contributed by atoms with van der Waals surface area (Å²) >= 11 is 1.14. The van der Waals surface area contributed by atoms with Gasteiger partial charge in [0.1, 0.15) is 17.2 Å². The zero-order valence-corrected chi connectivity index (χ0v) is 11.7. The third kappa shape index (κ3) is 3.75. The maximum absolute atomic E-state index is 12.4. The highest BCUT2D eigenvalue weighted by molar-refractivity contribution is 7.14. The first-order valence-electron chi connectivity index (χ1n) is 5.90. The van der Waals surface area contributed by atoms with Crippen LogP contribution in [0.25, 0.3) is 0 Å². The molecule has 2 rings (SSSR count). The fourth-order valence-corrected chi connectivity index (χ4v) is 2.54. The Labute approximate surface area is 122 Å². The molecule has 1 N–H and O–H groups in total. The predicted octanol–water partition coefficient (Wildman–Crippen LogP) is 4.35. The molecule has 0 aliphatic rings. The van der Waals surface area contributed by atoms with E-state index < -0.39 is 17.7 Å². The van der Waals surface area contributed by atoms with Crippen molar-refractivity contribution >= 4 is 17.3 Å². The summed E-state index contributed by atoms with van der Waals surface area (Å²) in [5.41, 5.74) is -0.0352. The van der Waals surface area contributed by atoms with Gasteiger partial charge in [0.15, 0.2) is 0 Å². The van der Waals surface area contributed by atoms with E-state index in [2.05, 4.69) is 0 Å². The molecule has 0 aliphatic carbocycles. The van der Waals surface area contributed by atoms with E-state index in [4.69, 9.17) is 9.84 Å². The largest absolute Gasteiger partial charge is 0.489 e. The van der Waals surface area contributed by atoms with Crippen molar-refractivity contribution in [3.63, 3.8) is 0 Å². The van der Waals surface area contributed by atoms with Crippen molar-refractivity contribution in [3.8, 4) is 5.75 Å². The predicted molar refractivity (Wildman–Crippen MR) is 71.8 cm³/mol. The van der Waals surface area contributed by atoms with E-state index in [-0.39, 0.29) is 11.5 Å². The molecule has 0 unspecified atom stereocenters. The molecule has 0 bridgehead atoms. The number of carboxylic acid groups (broad SMARTS) is 1. The van der Waals surface area contributed by atoms with Gasteiger partial charge in [0, 0.05) is 10.4 Å². The molecule has 0 aliphatic heterocycles. The molecule has 0 fully saturated rings. The van der Waals surface area contributed by atoms with Crippen molar-refractivity contribution in [3.05, 3.63) is 51.2 Å². The molecule has 0 spiro atoms. The van der Waals surface area contributed by atoms with Crippen molar-refractivity contribution in [1.82, 2.24) is 0 Å². The highest BCUT2D eigenvalue weighted by Gasteiger charge is 2.30. The standard InChI is InChI=1S/C14H11F3O3S/c1-8-9(6-12(21-8)13(18)19)7-20-11-4-2-10(3-5-11)14(15,16)17/h2-6H,7H2,1H3,(H,18,19). The van der Waals surface area contributed by atoms with E-state index in [9.17, 15) is 18.0 Å². The van der Waals surface area contributed by atoms with Gasteiger partial charge in [-0.1, -0.05) is 0 Å². The lowest BCUT2D eigenvalue weighted by atomic mass is 10.2. The summed E-state index contributed by atoms with van der Waals surface area (Å²) in [6.45, 7) is 1.88. The molecular weight excluding hydrogens is 305 g/mol. The van der Waals surface area contributed by atoms with E-state index in [0.717, 1.165) is 28.3 Å². The highest BCUT2D eigenvalue weighted by atomic mass is 32.1. The molecular formula is C14H11F3O3S. The lowest BCUT2D eigenvalue weighted by molar-refractivity contribution is -0.137. The summed E-state index contributed by atoms with van der Waals surface area (Å²) < 4.78 is 42.6. The van der Waals surface area contributed by atoms with Gasteiger partial charge >= 0.3 is 12.1 Å². The second-order valence-corrected chi connectivity index (χ2v) is 5.56. The van der Waals surface area contributed by atoms with Crippen LogP contribution in [0.1, 0.15) is 25.7 Å². The van der Waals surface area contributed by atoms with Crippen molar-refractivity contribution in [2.45, 2.75) is 19.7 Å². The van der Waals surface area contributed by atoms with Gasteiger partial charge in [-0.3, -0.25) is 0 Å². The van der Waals surface area contributed by atoms with Crippen LogP contribution in [0.2, 0.25) is 0 Å². The number of carboxylic acids is 1. The number of benzene rings is 1. The maximum atomic E-state index is 12.4. The summed E-state index contributed by atoms with van der Waals surface area (Å²) in [5.74, 6) is -0.714. The van der Waals surface area contributed by atoms with Crippen LogP contribution in [0.5, 0.6) is 5.75 Å². The summed E-state index contributed by atoms with van der Waals surface area (Å²) in [4.78, 5) is 11.8. The quantitative estimate of drug-likeness (QED) is 0.912. The van der Waals surface area contributed by atoms with Crippen LogP contribution in [-0.4, -0.2) is 11.1 Å². The summed E-state index contributed by atoms with van der Waals surface area (Å²) in [6, 6.07) is 5.87. The number of thiophene rings is 1. The molecule has 0 radical (unpaired) electrons. The minimum atomic E-state index is -4.38. The minimum Gasteiger partial charge on any atom is -0.489 e. The van der Waals surface area contributed by atoms with Gasteiger partial charge in [-0.2, -0.15) is 13.2 Å². The second kappa shape index (κ2) is 5.77. The number of carbonyl (C=O) groups is 1. The summed E-state index contributed by atoms with van der Waals surface area (Å²) in [5, 5.41) is 8.88. The smallest absolute Gasteiger partial charge is 0.416 e. The summed E-state index contributed by atoms with van der Waals surface area (Å²) in [7, 11) is 0. The molecule has 112 valence electrons. The average Bonchev–Trinajstić information content (AvgIpc) is 2.77. The minimum absolute atomic E-state index is 0.112. The van der Waals surface area contributed by atoms with E-state index in [0.29, 0.717) is 11.3 Å². The first-order chi connectivity index (χ1) is 9.77. The molecule has 0 saturated carbocycles. The Balaban J connectivity index is 2.05. The van der Waals surface area contributed by atoms with Crippen molar-refractivity contribution in [1.29, 1.82) is 0 Å². The molecule has 0 saturated heterocycles. The van der Waals surface area contributed by atoms with Crippen LogP contribution < -0.4 is 4.74 Å². The zero-order chi connectivity index (χ0) is 15.6. The van der Waals surface area contributed by atoms with Crippen LogP contribution in [0.4, 0.5) is 13.2 Å². The number of halogens is 3. The second-order valence-electron chi connectivity index (χ2n) is 4.31. The molecule has 1 aromatic carbocycles. The molecule has 3 nitrogen and oxygen atoms in total. The monoisotopic (exact) mass is 316 g/mol. The number of hydrogen-bond acceptors (Lipinski definition) is 3. The highest BCUT2D eigenvalue weighted by Crippen LogP contribution is 2.30. The number of aromatic carboxylic acids is 1. The zero-order valence-electron chi connectivity index (χ0n) is 10.9. The number of aryl methyl sites for hydroxylation is 1. The van der Waals surface area contributed by atoms with Gasteiger partial charge in [0.05, 0.1) is 5.56 Å². The maximum Gasteiger partial charge on any atom is 0.416 e. The first kappa shape index (κ1) is 15.4. The Morgan fingerprint density at radius 1 is 1.29 bits per heavy atom. The van der Waals surface area contributed by atoms with Gasteiger partial charge in [-0.25, -0.2) is 4.79 Å². The molecule has 0 atom stereocenters. The average molecular weight is 316 g/mol. The topological polar surface area (TPSA) is 46.5 Å². The third-order valence-corrected chi connectivity index (χ3v) is 3.89. The van der Waals surface area contributed by atoms with E-state index in [1.54, 1.807) is 6.92 Å². The van der Waals surface area contributed by atoms with E-state index in [1.807, 2.05) is 0 Å². The summed E-state index contributed by atoms with van der Waals surface area (Å²) in [6.07, 6.45) is -4.38. The molecule has 1 aromatic heterocycles. The lowest BCUT2D eigenvalue weighted by Gasteiger charge is -2.09. The Hall–Kier alpha value is -2.02. The van der Waals surface area contributed by atoms with Crippen LogP contribution in [-0.2, 0) is 12.8 Å². The SMILES string of the molecule is Cc1sc(C(=O)O)cc1COc1ccc(C(F)(F)F)cc1. The van der Waals surface area contributed by atoms with Crippen LogP contribution >= 0.6 is 11.3 Å². The molecule has 7 heteroatoms. The number of alkyl halides is 3. The number of ether oxygens (including phenoxy) is 1. The molecule has 0 amide bonds. The normalized spacial score (nSPS) is 11.4. The van der Waals surface area contributed by atoms with Gasteiger partial charge in [0.25, 0.3) is 0 Å². The van der Waals surface area contributed by atoms with Crippen LogP contribution in [0, 0.1) is 6.92 Å². The lowest BCUT2D eigenvalue weighted by Crippen LogP contribution is -2.04.